The second-order valence-electron chi connectivity index (χ2n) is 4.00. The van der Waals surface area contributed by atoms with Crippen molar-refractivity contribution in [1.29, 1.82) is 0 Å². The zero-order valence-electron chi connectivity index (χ0n) is 10.1. The summed E-state index contributed by atoms with van der Waals surface area (Å²) in [6, 6.07) is 5.57. The third-order valence-corrected chi connectivity index (χ3v) is 2.70. The quantitative estimate of drug-likeness (QED) is 0.766. The smallest absolute Gasteiger partial charge is 0.303 e. The highest BCUT2D eigenvalue weighted by molar-refractivity contribution is 5.95. The van der Waals surface area contributed by atoms with Crippen molar-refractivity contribution in [3.05, 3.63) is 34.9 Å². The maximum absolute atomic E-state index is 11.8. The molecule has 1 rings (SSSR count). The first-order chi connectivity index (χ1) is 8.02. The van der Waals surface area contributed by atoms with Gasteiger partial charge in [-0.05, 0) is 37.5 Å². The summed E-state index contributed by atoms with van der Waals surface area (Å²) in [5.74, 6) is -0.984. The summed E-state index contributed by atoms with van der Waals surface area (Å²) in [5.41, 5.74) is 2.69. The number of benzene rings is 1. The first-order valence-corrected chi connectivity index (χ1v) is 5.58. The molecule has 0 saturated heterocycles. The lowest BCUT2D eigenvalue weighted by molar-refractivity contribution is -0.137. The number of hydrogen-bond acceptors (Lipinski definition) is 2. The molecule has 0 atom stereocenters. The number of aryl methyl sites for hydroxylation is 1. The van der Waals surface area contributed by atoms with Crippen LogP contribution in [0.1, 0.15) is 34.3 Å². The molecule has 0 aliphatic rings. The number of nitrogens with one attached hydrogen (secondary N) is 1. The van der Waals surface area contributed by atoms with Gasteiger partial charge in [-0.15, -0.1) is 0 Å². The van der Waals surface area contributed by atoms with Crippen molar-refractivity contribution in [3.8, 4) is 0 Å². The van der Waals surface area contributed by atoms with Gasteiger partial charge in [-0.25, -0.2) is 0 Å². The summed E-state index contributed by atoms with van der Waals surface area (Å²) < 4.78 is 0. The van der Waals surface area contributed by atoms with E-state index in [0.717, 1.165) is 11.1 Å². The molecule has 4 nitrogen and oxygen atoms in total. The minimum Gasteiger partial charge on any atom is -0.481 e. The van der Waals surface area contributed by atoms with Gasteiger partial charge in [0.2, 0.25) is 0 Å². The van der Waals surface area contributed by atoms with Crippen molar-refractivity contribution in [2.24, 2.45) is 0 Å². The molecule has 0 aliphatic carbocycles. The Morgan fingerprint density at radius 3 is 2.65 bits per heavy atom. The lowest BCUT2D eigenvalue weighted by Crippen LogP contribution is -2.25. The van der Waals surface area contributed by atoms with E-state index in [4.69, 9.17) is 5.11 Å². The molecular formula is C13H17NO3. The SMILES string of the molecule is Cc1cccc(C(=O)NCCCC(=O)O)c1C. The summed E-state index contributed by atoms with van der Waals surface area (Å²) in [7, 11) is 0. The second-order valence-corrected chi connectivity index (χ2v) is 4.00. The minimum atomic E-state index is -0.842. The van der Waals surface area contributed by atoms with Crippen LogP contribution in [0.25, 0.3) is 0 Å². The molecule has 0 unspecified atom stereocenters. The molecule has 2 N–H and O–H groups in total. The van der Waals surface area contributed by atoms with Gasteiger partial charge in [0.1, 0.15) is 0 Å². The molecule has 1 amide bonds. The number of hydrogen-bond donors (Lipinski definition) is 2. The Balaban J connectivity index is 2.53. The monoisotopic (exact) mass is 235 g/mol. The number of amides is 1. The topological polar surface area (TPSA) is 66.4 Å². The fourth-order valence-corrected chi connectivity index (χ4v) is 1.53. The highest BCUT2D eigenvalue weighted by Crippen LogP contribution is 2.12. The molecule has 4 heteroatoms. The maximum atomic E-state index is 11.8. The van der Waals surface area contributed by atoms with E-state index >= 15 is 0 Å². The molecule has 92 valence electrons. The Bertz CT molecular complexity index is 427. The molecule has 1 aromatic rings. The van der Waals surface area contributed by atoms with Gasteiger partial charge in [-0.1, -0.05) is 12.1 Å². The van der Waals surface area contributed by atoms with Crippen LogP contribution >= 0.6 is 0 Å². The van der Waals surface area contributed by atoms with Crippen molar-refractivity contribution in [2.45, 2.75) is 26.7 Å². The Morgan fingerprint density at radius 1 is 1.29 bits per heavy atom. The van der Waals surface area contributed by atoms with Gasteiger partial charge < -0.3 is 10.4 Å². The van der Waals surface area contributed by atoms with E-state index in [1.54, 1.807) is 6.07 Å². The van der Waals surface area contributed by atoms with Gasteiger partial charge in [-0.2, -0.15) is 0 Å². The normalized spacial score (nSPS) is 10.0. The van der Waals surface area contributed by atoms with Crippen molar-refractivity contribution in [3.63, 3.8) is 0 Å². The van der Waals surface area contributed by atoms with Crippen LogP contribution in [-0.2, 0) is 4.79 Å². The predicted octanol–water partition coefficient (Wildman–Crippen LogP) is 1.90. The van der Waals surface area contributed by atoms with Gasteiger partial charge >= 0.3 is 5.97 Å². The lowest BCUT2D eigenvalue weighted by Gasteiger charge is -2.08. The molecule has 0 bridgehead atoms. The van der Waals surface area contributed by atoms with E-state index in [1.807, 2.05) is 26.0 Å². The van der Waals surface area contributed by atoms with E-state index < -0.39 is 5.97 Å². The fourth-order valence-electron chi connectivity index (χ4n) is 1.53. The number of carboxylic acids is 1. The third-order valence-electron chi connectivity index (χ3n) is 2.70. The van der Waals surface area contributed by atoms with Gasteiger partial charge in [0.15, 0.2) is 0 Å². The van der Waals surface area contributed by atoms with Crippen LogP contribution in [0.4, 0.5) is 0 Å². The van der Waals surface area contributed by atoms with Crippen LogP contribution < -0.4 is 5.32 Å². The van der Waals surface area contributed by atoms with Crippen LogP contribution in [0.3, 0.4) is 0 Å². The first-order valence-electron chi connectivity index (χ1n) is 5.58. The minimum absolute atomic E-state index is 0.0765. The average molecular weight is 235 g/mol. The highest BCUT2D eigenvalue weighted by atomic mass is 16.4. The van der Waals surface area contributed by atoms with Crippen molar-refractivity contribution in [2.75, 3.05) is 6.54 Å². The summed E-state index contributed by atoms with van der Waals surface area (Å²) in [6.45, 7) is 4.25. The summed E-state index contributed by atoms with van der Waals surface area (Å²) in [5, 5.41) is 11.2. The Hall–Kier alpha value is -1.84. The van der Waals surface area contributed by atoms with Crippen LogP contribution in [0.15, 0.2) is 18.2 Å². The lowest BCUT2D eigenvalue weighted by atomic mass is 10.0. The molecule has 0 saturated carbocycles. The summed E-state index contributed by atoms with van der Waals surface area (Å²) >= 11 is 0. The zero-order valence-corrected chi connectivity index (χ0v) is 10.1. The predicted molar refractivity (Wildman–Crippen MR) is 65.1 cm³/mol. The van der Waals surface area contributed by atoms with Crippen LogP contribution in [0.5, 0.6) is 0 Å². The molecule has 0 heterocycles. The average Bonchev–Trinajstić information content (AvgIpc) is 2.27. The molecule has 17 heavy (non-hydrogen) atoms. The fraction of sp³-hybridized carbons (Fsp3) is 0.385. The third kappa shape index (κ3) is 3.90. The molecule has 1 aromatic carbocycles. The standard InChI is InChI=1S/C13H17NO3/c1-9-5-3-6-11(10(9)2)13(17)14-8-4-7-12(15)16/h3,5-6H,4,7-8H2,1-2H3,(H,14,17)(H,15,16). The van der Waals surface area contributed by atoms with Gasteiger partial charge in [-0.3, -0.25) is 9.59 Å². The molecular weight excluding hydrogens is 218 g/mol. The van der Waals surface area contributed by atoms with E-state index in [2.05, 4.69) is 5.32 Å². The Morgan fingerprint density at radius 2 is 2.00 bits per heavy atom. The second kappa shape index (κ2) is 6.03. The maximum Gasteiger partial charge on any atom is 0.303 e. The molecule has 0 aromatic heterocycles. The summed E-state index contributed by atoms with van der Waals surface area (Å²) in [6.07, 6.45) is 0.527. The van der Waals surface area contributed by atoms with Gasteiger partial charge in [0.25, 0.3) is 5.91 Å². The number of carbonyl (C=O) groups excluding carboxylic acids is 1. The van der Waals surface area contributed by atoms with E-state index in [9.17, 15) is 9.59 Å². The highest BCUT2D eigenvalue weighted by Gasteiger charge is 2.09. The van der Waals surface area contributed by atoms with Crippen LogP contribution in [0, 0.1) is 13.8 Å². The number of rotatable bonds is 5. The molecule has 0 radical (unpaired) electrons. The van der Waals surface area contributed by atoms with E-state index in [-0.39, 0.29) is 12.3 Å². The van der Waals surface area contributed by atoms with Crippen molar-refractivity contribution < 1.29 is 14.7 Å². The molecule has 0 fully saturated rings. The van der Waals surface area contributed by atoms with Crippen LogP contribution in [0.2, 0.25) is 0 Å². The van der Waals surface area contributed by atoms with E-state index in [0.29, 0.717) is 18.5 Å². The van der Waals surface area contributed by atoms with Gasteiger partial charge in [0.05, 0.1) is 0 Å². The Labute approximate surface area is 101 Å². The van der Waals surface area contributed by atoms with E-state index in [1.165, 1.54) is 0 Å². The number of carboxylic acid groups (broad SMARTS) is 1. The first kappa shape index (κ1) is 13.2. The molecule has 0 aliphatic heterocycles. The van der Waals surface area contributed by atoms with Crippen molar-refractivity contribution >= 4 is 11.9 Å². The zero-order chi connectivity index (χ0) is 12.8. The van der Waals surface area contributed by atoms with Gasteiger partial charge in [0, 0.05) is 18.5 Å². The number of carbonyl (C=O) groups is 2. The largest absolute Gasteiger partial charge is 0.481 e. The Kier molecular flexibility index (Phi) is 4.69. The number of aliphatic carboxylic acids is 1. The van der Waals surface area contributed by atoms with Crippen LogP contribution in [-0.4, -0.2) is 23.5 Å². The molecule has 0 spiro atoms. The summed E-state index contributed by atoms with van der Waals surface area (Å²) in [4.78, 5) is 22.1. The van der Waals surface area contributed by atoms with Crippen molar-refractivity contribution in [1.82, 2.24) is 5.32 Å².